The lowest BCUT2D eigenvalue weighted by atomic mass is 10.1. The van der Waals surface area contributed by atoms with Gasteiger partial charge < -0.3 is 0 Å². The van der Waals surface area contributed by atoms with Crippen LogP contribution in [0.15, 0.2) is 72.1 Å². The Hall–Kier alpha value is -2.92. The van der Waals surface area contributed by atoms with Crippen LogP contribution in [0.4, 0.5) is 0 Å². The average Bonchev–Trinajstić information content (AvgIpc) is 3.14. The topological polar surface area (TPSA) is 43.6 Å². The number of hydrogen-bond acceptors (Lipinski definition) is 4. The predicted octanol–water partition coefficient (Wildman–Crippen LogP) is 5.55. The molecule has 0 atom stereocenters. The third-order valence-corrected chi connectivity index (χ3v) is 5.80. The van der Waals surface area contributed by atoms with E-state index in [4.69, 9.17) is 0 Å². The van der Waals surface area contributed by atoms with Crippen molar-refractivity contribution in [1.29, 1.82) is 0 Å². The maximum absolute atomic E-state index is 4.50. The second-order valence-electron chi connectivity index (χ2n) is 6.92. The molecule has 0 bridgehead atoms. The lowest BCUT2D eigenvalue weighted by molar-refractivity contribution is 0.885. The smallest absolute Gasteiger partial charge is 0.196 e. The van der Waals surface area contributed by atoms with Crippen molar-refractivity contribution in [2.45, 2.75) is 31.7 Å². The summed E-state index contributed by atoms with van der Waals surface area (Å²) in [4.78, 5) is 4.12. The van der Waals surface area contributed by atoms with Gasteiger partial charge in [0.2, 0.25) is 0 Å². The van der Waals surface area contributed by atoms with Crippen LogP contribution in [0.5, 0.6) is 0 Å². The van der Waals surface area contributed by atoms with E-state index in [0.29, 0.717) is 0 Å². The summed E-state index contributed by atoms with van der Waals surface area (Å²) in [6.45, 7) is 6.39. The highest BCUT2D eigenvalue weighted by atomic mass is 32.2. The van der Waals surface area contributed by atoms with Crippen molar-refractivity contribution >= 4 is 11.8 Å². The summed E-state index contributed by atoms with van der Waals surface area (Å²) in [7, 11) is 0. The van der Waals surface area contributed by atoms with Crippen molar-refractivity contribution in [3.8, 4) is 17.1 Å². The van der Waals surface area contributed by atoms with Crippen molar-refractivity contribution in [3.05, 3.63) is 89.2 Å². The third kappa shape index (κ3) is 3.85. The van der Waals surface area contributed by atoms with Crippen LogP contribution in [0.25, 0.3) is 17.1 Å². The maximum atomic E-state index is 4.50. The lowest BCUT2D eigenvalue weighted by Crippen LogP contribution is -2.00. The molecule has 0 unspecified atom stereocenters. The Morgan fingerprint density at radius 3 is 2.29 bits per heavy atom. The summed E-state index contributed by atoms with van der Waals surface area (Å²) >= 11 is 1.70. The Balaban J connectivity index is 1.71. The number of pyridine rings is 1. The van der Waals surface area contributed by atoms with Crippen LogP contribution < -0.4 is 0 Å². The van der Waals surface area contributed by atoms with Gasteiger partial charge in [-0.2, -0.15) is 0 Å². The number of aryl methyl sites for hydroxylation is 3. The fourth-order valence-corrected chi connectivity index (χ4v) is 3.91. The zero-order valence-corrected chi connectivity index (χ0v) is 17.1. The number of nitrogens with zero attached hydrogens (tertiary/aromatic N) is 4. The van der Waals surface area contributed by atoms with Gasteiger partial charge in [0.25, 0.3) is 0 Å². The number of thioether (sulfide) groups is 1. The Kier molecular flexibility index (Phi) is 5.26. The standard InChI is InChI=1S/C23H22N4S/c1-16-4-8-21(9-5-16)27-22(20-10-12-24-13-11-20)25-26-23(27)28-15-19-7-6-17(2)18(3)14-19/h4-14H,15H2,1-3H3. The molecule has 2 heterocycles. The van der Waals surface area contributed by atoms with Crippen LogP contribution in [0.3, 0.4) is 0 Å². The van der Waals surface area contributed by atoms with E-state index in [1.807, 2.05) is 12.1 Å². The molecule has 0 aliphatic carbocycles. The molecule has 0 aliphatic rings. The SMILES string of the molecule is Cc1ccc(-n2c(SCc3ccc(C)c(C)c3)nnc2-c2ccncc2)cc1. The molecule has 140 valence electrons. The predicted molar refractivity (Wildman–Crippen MR) is 115 cm³/mol. The van der Waals surface area contributed by atoms with Crippen LogP contribution in [-0.2, 0) is 5.75 Å². The van der Waals surface area contributed by atoms with Gasteiger partial charge in [-0.05, 0) is 61.7 Å². The lowest BCUT2D eigenvalue weighted by Gasteiger charge is -2.11. The molecule has 0 spiro atoms. The summed E-state index contributed by atoms with van der Waals surface area (Å²) in [5, 5.41) is 9.88. The number of aromatic nitrogens is 4. The molecule has 4 nitrogen and oxygen atoms in total. The summed E-state index contributed by atoms with van der Waals surface area (Å²) < 4.78 is 2.13. The minimum atomic E-state index is 0.828. The molecule has 0 saturated carbocycles. The fraction of sp³-hybridized carbons (Fsp3) is 0.174. The first-order valence-electron chi connectivity index (χ1n) is 9.23. The van der Waals surface area contributed by atoms with Crippen LogP contribution in [0.1, 0.15) is 22.3 Å². The number of rotatable bonds is 5. The maximum Gasteiger partial charge on any atom is 0.196 e. The summed E-state index contributed by atoms with van der Waals surface area (Å²) in [6.07, 6.45) is 3.57. The molecule has 28 heavy (non-hydrogen) atoms. The quantitative estimate of drug-likeness (QED) is 0.422. The van der Waals surface area contributed by atoms with Crippen molar-refractivity contribution in [3.63, 3.8) is 0 Å². The van der Waals surface area contributed by atoms with Gasteiger partial charge in [-0.3, -0.25) is 9.55 Å². The molecular formula is C23H22N4S. The number of hydrogen-bond donors (Lipinski definition) is 0. The first kappa shape index (κ1) is 18.4. The van der Waals surface area contributed by atoms with E-state index in [1.165, 1.54) is 22.3 Å². The summed E-state index contributed by atoms with van der Waals surface area (Å²) in [5.74, 6) is 1.68. The molecule has 0 fully saturated rings. The Labute approximate surface area is 169 Å². The van der Waals surface area contributed by atoms with Crippen LogP contribution >= 0.6 is 11.8 Å². The van der Waals surface area contributed by atoms with E-state index in [1.54, 1.807) is 24.2 Å². The van der Waals surface area contributed by atoms with E-state index >= 15 is 0 Å². The summed E-state index contributed by atoms with van der Waals surface area (Å²) in [6, 6.07) is 19.0. The van der Waals surface area contributed by atoms with E-state index in [9.17, 15) is 0 Å². The molecule has 0 N–H and O–H groups in total. The largest absolute Gasteiger partial charge is 0.270 e. The molecular weight excluding hydrogens is 364 g/mol. The minimum Gasteiger partial charge on any atom is -0.270 e. The molecule has 0 aliphatic heterocycles. The third-order valence-electron chi connectivity index (χ3n) is 4.80. The van der Waals surface area contributed by atoms with Gasteiger partial charge in [0, 0.05) is 29.4 Å². The van der Waals surface area contributed by atoms with Crippen LogP contribution in [-0.4, -0.2) is 19.7 Å². The van der Waals surface area contributed by atoms with Crippen molar-refractivity contribution in [1.82, 2.24) is 19.7 Å². The fourth-order valence-electron chi connectivity index (χ4n) is 3.02. The van der Waals surface area contributed by atoms with E-state index in [0.717, 1.165) is 28.0 Å². The minimum absolute atomic E-state index is 0.828. The Bertz CT molecular complexity index is 1090. The molecule has 2 aromatic heterocycles. The van der Waals surface area contributed by atoms with Gasteiger partial charge >= 0.3 is 0 Å². The first-order valence-corrected chi connectivity index (χ1v) is 10.2. The van der Waals surface area contributed by atoms with Gasteiger partial charge in [0.05, 0.1) is 0 Å². The average molecular weight is 387 g/mol. The molecule has 0 radical (unpaired) electrons. The van der Waals surface area contributed by atoms with Crippen molar-refractivity contribution < 1.29 is 0 Å². The highest BCUT2D eigenvalue weighted by Gasteiger charge is 2.16. The zero-order valence-electron chi connectivity index (χ0n) is 16.3. The molecule has 0 saturated heterocycles. The molecule has 2 aromatic carbocycles. The zero-order chi connectivity index (χ0) is 19.5. The van der Waals surface area contributed by atoms with Gasteiger partial charge in [-0.25, -0.2) is 0 Å². The first-order chi connectivity index (χ1) is 13.6. The van der Waals surface area contributed by atoms with E-state index < -0.39 is 0 Å². The summed E-state index contributed by atoms with van der Waals surface area (Å²) in [5.41, 5.74) is 7.21. The van der Waals surface area contributed by atoms with Crippen molar-refractivity contribution in [2.24, 2.45) is 0 Å². The normalized spacial score (nSPS) is 11.0. The Morgan fingerprint density at radius 1 is 0.821 bits per heavy atom. The molecule has 4 rings (SSSR count). The van der Waals surface area contributed by atoms with Gasteiger partial charge in [-0.1, -0.05) is 47.7 Å². The Morgan fingerprint density at radius 2 is 1.57 bits per heavy atom. The highest BCUT2D eigenvalue weighted by molar-refractivity contribution is 7.98. The molecule has 5 heteroatoms. The molecule has 0 amide bonds. The monoisotopic (exact) mass is 386 g/mol. The second-order valence-corrected chi connectivity index (χ2v) is 7.86. The molecule has 4 aromatic rings. The van der Waals surface area contributed by atoms with Gasteiger partial charge in [-0.15, -0.1) is 10.2 Å². The highest BCUT2D eigenvalue weighted by Crippen LogP contribution is 2.30. The number of benzene rings is 2. The van der Waals surface area contributed by atoms with Crippen molar-refractivity contribution in [2.75, 3.05) is 0 Å². The van der Waals surface area contributed by atoms with Gasteiger partial charge in [0.1, 0.15) is 0 Å². The van der Waals surface area contributed by atoms with Crippen LogP contribution in [0.2, 0.25) is 0 Å². The van der Waals surface area contributed by atoms with Gasteiger partial charge in [0.15, 0.2) is 11.0 Å². The van der Waals surface area contributed by atoms with Crippen LogP contribution in [0, 0.1) is 20.8 Å². The van der Waals surface area contributed by atoms with E-state index in [-0.39, 0.29) is 0 Å². The van der Waals surface area contributed by atoms with E-state index in [2.05, 4.69) is 83.0 Å². The second kappa shape index (κ2) is 7.98.